The highest BCUT2D eigenvalue weighted by molar-refractivity contribution is 5.86. The SMILES string of the molecule is COC(=O)N[C@H](C(=O)N[C@@H](C[C@@H](O)[C@H](Cc1ccc(-c2cccc(OC)n2)cc1)NC(=O)O)C(Cc1ccccc1)c1ccccc1)C(C)(C)C. The molecule has 0 saturated heterocycles. The van der Waals surface area contributed by atoms with Crippen molar-refractivity contribution in [2.75, 3.05) is 14.2 Å². The molecule has 51 heavy (non-hydrogen) atoms. The minimum absolute atomic E-state index is 0.00395. The van der Waals surface area contributed by atoms with Crippen LogP contribution in [-0.2, 0) is 22.4 Å². The fraction of sp³-hybridized carbons (Fsp3) is 0.350. The van der Waals surface area contributed by atoms with E-state index in [-0.39, 0.29) is 18.8 Å². The van der Waals surface area contributed by atoms with Gasteiger partial charge in [0.1, 0.15) is 6.04 Å². The molecule has 1 heterocycles. The molecule has 0 aliphatic heterocycles. The highest BCUT2D eigenvalue weighted by atomic mass is 16.5. The molecule has 0 bridgehead atoms. The molecule has 1 aromatic heterocycles. The van der Waals surface area contributed by atoms with E-state index in [1.165, 1.54) is 7.11 Å². The maximum atomic E-state index is 14.1. The Morgan fingerprint density at radius 3 is 1.96 bits per heavy atom. The molecule has 0 spiro atoms. The van der Waals surface area contributed by atoms with Gasteiger partial charge in [-0.3, -0.25) is 4.79 Å². The normalized spacial score (nSPS) is 14.2. The number of carbonyl (C=O) groups is 3. The number of alkyl carbamates (subject to hydrolysis) is 1. The van der Waals surface area contributed by atoms with Gasteiger partial charge in [0.05, 0.1) is 32.1 Å². The molecule has 0 radical (unpaired) electrons. The van der Waals surface area contributed by atoms with Crippen LogP contribution in [0.5, 0.6) is 5.88 Å². The Morgan fingerprint density at radius 2 is 1.37 bits per heavy atom. The molecule has 0 aliphatic rings. The lowest BCUT2D eigenvalue weighted by molar-refractivity contribution is -0.126. The highest BCUT2D eigenvalue weighted by Crippen LogP contribution is 2.30. The molecule has 5 atom stereocenters. The van der Waals surface area contributed by atoms with Crippen molar-refractivity contribution < 1.29 is 34.1 Å². The lowest BCUT2D eigenvalue weighted by Gasteiger charge is -2.36. The third kappa shape index (κ3) is 11.3. The standard InChI is InChI=1S/C40H48N4O7/c1-40(2,3)36(44-39(49)51-5)37(46)42-32(30(28-15-10-7-11-16-28)23-26-13-8-6-9-14-26)25-34(45)33(43-38(47)48)24-27-19-21-29(22-20-27)31-17-12-18-35(41-31)50-4/h6-22,30,32-34,36,43,45H,23-25H2,1-5H3,(H,42,46)(H,44,49)(H,47,48)/t30?,32-,33-,34+,36+/m0/s1. The van der Waals surface area contributed by atoms with Crippen LogP contribution >= 0.6 is 0 Å². The fourth-order valence-corrected chi connectivity index (χ4v) is 6.12. The molecule has 0 aliphatic carbocycles. The predicted molar refractivity (Wildman–Crippen MR) is 196 cm³/mol. The Labute approximate surface area is 299 Å². The zero-order chi connectivity index (χ0) is 37.0. The Balaban J connectivity index is 1.67. The van der Waals surface area contributed by atoms with E-state index in [1.54, 1.807) is 13.2 Å². The van der Waals surface area contributed by atoms with Gasteiger partial charge < -0.3 is 35.6 Å². The lowest BCUT2D eigenvalue weighted by atomic mass is 9.81. The number of hydrogen-bond acceptors (Lipinski definition) is 7. The largest absolute Gasteiger partial charge is 0.481 e. The summed E-state index contributed by atoms with van der Waals surface area (Å²) in [6.07, 6.45) is -2.54. The van der Waals surface area contributed by atoms with Crippen molar-refractivity contribution in [1.82, 2.24) is 20.9 Å². The number of aliphatic hydroxyl groups is 1. The number of nitrogens with one attached hydrogen (secondary N) is 3. The van der Waals surface area contributed by atoms with Gasteiger partial charge in [-0.2, -0.15) is 0 Å². The van der Waals surface area contributed by atoms with Crippen molar-refractivity contribution in [3.8, 4) is 17.1 Å². The number of ether oxygens (including phenoxy) is 2. The third-order valence-electron chi connectivity index (χ3n) is 8.82. The van der Waals surface area contributed by atoms with E-state index in [4.69, 9.17) is 9.47 Å². The molecule has 11 heteroatoms. The van der Waals surface area contributed by atoms with Crippen LogP contribution in [0.4, 0.5) is 9.59 Å². The molecule has 3 aromatic carbocycles. The first-order valence-corrected chi connectivity index (χ1v) is 16.9. The molecule has 270 valence electrons. The molecule has 1 unspecified atom stereocenters. The van der Waals surface area contributed by atoms with Gasteiger partial charge in [-0.25, -0.2) is 14.6 Å². The summed E-state index contributed by atoms with van der Waals surface area (Å²) in [5.41, 5.74) is 3.62. The number of amides is 3. The molecule has 4 aromatic rings. The minimum atomic E-state index is -1.28. The Bertz CT molecular complexity index is 1710. The Hall–Kier alpha value is -5.42. The summed E-state index contributed by atoms with van der Waals surface area (Å²) >= 11 is 0. The minimum Gasteiger partial charge on any atom is -0.481 e. The number of nitrogens with zero attached hydrogens (tertiary/aromatic N) is 1. The van der Waals surface area contributed by atoms with Gasteiger partial charge >= 0.3 is 12.2 Å². The topological polar surface area (TPSA) is 159 Å². The first-order chi connectivity index (χ1) is 24.4. The molecular formula is C40H48N4O7. The second kappa shape index (κ2) is 18.0. The van der Waals surface area contributed by atoms with Crippen LogP contribution in [-0.4, -0.2) is 71.7 Å². The smallest absolute Gasteiger partial charge is 0.407 e. The van der Waals surface area contributed by atoms with Crippen LogP contribution in [0.15, 0.2) is 103 Å². The van der Waals surface area contributed by atoms with E-state index in [0.29, 0.717) is 12.3 Å². The summed E-state index contributed by atoms with van der Waals surface area (Å²) in [6, 6.07) is 29.9. The maximum absolute atomic E-state index is 14.1. The number of aliphatic hydroxyl groups excluding tert-OH is 1. The number of hydrogen-bond donors (Lipinski definition) is 5. The molecule has 3 amide bonds. The number of carbonyl (C=O) groups excluding carboxylic acids is 2. The molecule has 0 fully saturated rings. The quantitative estimate of drug-likeness (QED) is 0.102. The second-order valence-electron chi connectivity index (χ2n) is 13.6. The Morgan fingerprint density at radius 1 is 0.745 bits per heavy atom. The van der Waals surface area contributed by atoms with Gasteiger partial charge in [-0.05, 0) is 47.4 Å². The summed E-state index contributed by atoms with van der Waals surface area (Å²) < 4.78 is 10.1. The van der Waals surface area contributed by atoms with Crippen molar-refractivity contribution >= 4 is 18.1 Å². The van der Waals surface area contributed by atoms with Gasteiger partial charge in [-0.15, -0.1) is 0 Å². The number of carboxylic acid groups (broad SMARTS) is 1. The van der Waals surface area contributed by atoms with Gasteiger partial charge in [-0.1, -0.05) is 112 Å². The average Bonchev–Trinajstić information content (AvgIpc) is 3.12. The van der Waals surface area contributed by atoms with Crippen molar-refractivity contribution in [3.63, 3.8) is 0 Å². The van der Waals surface area contributed by atoms with Crippen molar-refractivity contribution in [1.29, 1.82) is 0 Å². The number of pyridine rings is 1. The van der Waals surface area contributed by atoms with E-state index >= 15 is 0 Å². The predicted octanol–water partition coefficient (Wildman–Crippen LogP) is 5.97. The summed E-state index contributed by atoms with van der Waals surface area (Å²) in [5.74, 6) is -0.294. The van der Waals surface area contributed by atoms with Crippen LogP contribution in [0.3, 0.4) is 0 Å². The van der Waals surface area contributed by atoms with Gasteiger partial charge in [0, 0.05) is 23.6 Å². The zero-order valence-corrected chi connectivity index (χ0v) is 29.7. The van der Waals surface area contributed by atoms with Crippen molar-refractivity contribution in [3.05, 3.63) is 120 Å². The summed E-state index contributed by atoms with van der Waals surface area (Å²) in [7, 11) is 2.79. The zero-order valence-electron chi connectivity index (χ0n) is 29.7. The van der Waals surface area contributed by atoms with E-state index in [1.807, 2.05) is 118 Å². The highest BCUT2D eigenvalue weighted by Gasteiger charge is 2.37. The molecule has 0 saturated carbocycles. The lowest BCUT2D eigenvalue weighted by Crippen LogP contribution is -2.57. The summed E-state index contributed by atoms with van der Waals surface area (Å²) in [5, 5.41) is 30.0. The van der Waals surface area contributed by atoms with E-state index < -0.39 is 47.7 Å². The monoisotopic (exact) mass is 696 g/mol. The van der Waals surface area contributed by atoms with Crippen LogP contribution < -0.4 is 20.7 Å². The maximum Gasteiger partial charge on any atom is 0.407 e. The van der Waals surface area contributed by atoms with Gasteiger partial charge in [0.2, 0.25) is 11.8 Å². The first-order valence-electron chi connectivity index (χ1n) is 16.9. The van der Waals surface area contributed by atoms with Crippen molar-refractivity contribution in [2.45, 2.75) is 70.2 Å². The van der Waals surface area contributed by atoms with E-state index in [0.717, 1.165) is 27.9 Å². The van der Waals surface area contributed by atoms with Crippen LogP contribution in [0.25, 0.3) is 11.3 Å². The summed E-state index contributed by atoms with van der Waals surface area (Å²) in [6.45, 7) is 5.49. The van der Waals surface area contributed by atoms with Crippen LogP contribution in [0.2, 0.25) is 0 Å². The molecule has 5 N–H and O–H groups in total. The van der Waals surface area contributed by atoms with E-state index in [2.05, 4.69) is 20.9 Å². The van der Waals surface area contributed by atoms with Crippen LogP contribution in [0, 0.1) is 5.41 Å². The fourth-order valence-electron chi connectivity index (χ4n) is 6.12. The van der Waals surface area contributed by atoms with Gasteiger partial charge in [0.25, 0.3) is 0 Å². The van der Waals surface area contributed by atoms with Gasteiger partial charge in [0.15, 0.2) is 0 Å². The first kappa shape index (κ1) is 38.4. The van der Waals surface area contributed by atoms with Crippen LogP contribution in [0.1, 0.15) is 49.8 Å². The molecular weight excluding hydrogens is 648 g/mol. The molecule has 4 rings (SSSR count). The summed E-state index contributed by atoms with van der Waals surface area (Å²) in [4.78, 5) is 42.9. The molecule has 11 nitrogen and oxygen atoms in total. The number of rotatable bonds is 15. The van der Waals surface area contributed by atoms with Crippen molar-refractivity contribution in [2.24, 2.45) is 5.41 Å². The number of aromatic nitrogens is 1. The third-order valence-corrected chi connectivity index (χ3v) is 8.82. The second-order valence-corrected chi connectivity index (χ2v) is 13.6. The number of benzene rings is 3. The van der Waals surface area contributed by atoms with E-state index in [9.17, 15) is 24.6 Å². The average molecular weight is 697 g/mol. The Kier molecular flexibility index (Phi) is 13.5. The number of methoxy groups -OCH3 is 2.